The lowest BCUT2D eigenvalue weighted by atomic mass is 9.91. The lowest BCUT2D eigenvalue weighted by Gasteiger charge is -2.28. The number of nitrogens with one attached hydrogen (secondary N) is 3. The number of unbranched alkanes of at least 4 members (excludes halogenated alkanes) is 2. The Labute approximate surface area is 189 Å². The van der Waals surface area contributed by atoms with Crippen LogP contribution in [0.3, 0.4) is 0 Å². The summed E-state index contributed by atoms with van der Waals surface area (Å²) < 4.78 is 0. The molecule has 3 N–H and O–H groups in total. The first-order valence-electron chi connectivity index (χ1n) is 12.7. The van der Waals surface area contributed by atoms with E-state index in [2.05, 4.69) is 58.3 Å². The van der Waals surface area contributed by atoms with Gasteiger partial charge in [-0.3, -0.25) is 5.32 Å². The van der Waals surface area contributed by atoms with Crippen molar-refractivity contribution in [3.8, 4) is 23.7 Å². The molecule has 1 aliphatic carbocycles. The minimum atomic E-state index is 0.361. The maximum atomic E-state index is 3.76. The highest BCUT2D eigenvalue weighted by Crippen LogP contribution is 2.36. The van der Waals surface area contributed by atoms with E-state index in [0.717, 1.165) is 30.8 Å². The predicted molar refractivity (Wildman–Crippen MR) is 129 cm³/mol. The number of hydrogen-bond donors (Lipinski definition) is 3. The summed E-state index contributed by atoms with van der Waals surface area (Å²) in [4.78, 5) is 0. The van der Waals surface area contributed by atoms with Crippen LogP contribution in [0.4, 0.5) is 0 Å². The highest BCUT2D eigenvalue weighted by atomic mass is 32.2. The van der Waals surface area contributed by atoms with E-state index >= 15 is 0 Å². The van der Waals surface area contributed by atoms with Crippen molar-refractivity contribution in [1.82, 2.24) is 16.0 Å². The van der Waals surface area contributed by atoms with Crippen molar-refractivity contribution >= 4 is 11.8 Å². The fourth-order valence-corrected chi connectivity index (χ4v) is 6.82. The molecule has 0 aromatic rings. The van der Waals surface area contributed by atoms with Crippen LogP contribution in [-0.4, -0.2) is 41.8 Å². The van der Waals surface area contributed by atoms with Crippen LogP contribution in [0.1, 0.15) is 84.0 Å². The van der Waals surface area contributed by atoms with E-state index in [1.54, 1.807) is 0 Å². The van der Waals surface area contributed by atoms with E-state index in [4.69, 9.17) is 0 Å². The van der Waals surface area contributed by atoms with Crippen molar-refractivity contribution in [3.63, 3.8) is 0 Å². The SMILES string of the molecule is CCCCCC1CCC(C#CC2CCC(C#CC3NC4CCCCC4S3)CN2)CN1. The van der Waals surface area contributed by atoms with E-state index in [9.17, 15) is 0 Å². The average Bonchev–Trinajstić information content (AvgIpc) is 3.21. The normalized spacial score (nSPS) is 38.6. The molecular formula is C26H41N3S. The molecule has 3 aliphatic heterocycles. The molecule has 0 amide bonds. The second-order valence-electron chi connectivity index (χ2n) is 9.80. The van der Waals surface area contributed by atoms with Gasteiger partial charge in [0.15, 0.2) is 0 Å². The third-order valence-corrected chi connectivity index (χ3v) is 8.79. The van der Waals surface area contributed by atoms with Crippen molar-refractivity contribution in [2.24, 2.45) is 11.8 Å². The predicted octanol–water partition coefficient (Wildman–Crippen LogP) is 4.28. The molecule has 4 fully saturated rings. The summed E-state index contributed by atoms with van der Waals surface area (Å²) in [5.41, 5.74) is 0. The molecule has 0 bridgehead atoms. The lowest BCUT2D eigenvalue weighted by Crippen LogP contribution is -2.39. The van der Waals surface area contributed by atoms with Crippen LogP contribution in [0, 0.1) is 35.5 Å². The molecule has 3 nitrogen and oxygen atoms in total. The van der Waals surface area contributed by atoms with Crippen molar-refractivity contribution in [2.75, 3.05) is 13.1 Å². The van der Waals surface area contributed by atoms with Crippen LogP contribution in [0.25, 0.3) is 0 Å². The molecule has 166 valence electrons. The zero-order chi connectivity index (χ0) is 20.6. The Bertz CT molecular complexity index is 627. The van der Waals surface area contributed by atoms with Gasteiger partial charge in [0.2, 0.25) is 0 Å². The third-order valence-electron chi connectivity index (χ3n) is 7.35. The summed E-state index contributed by atoms with van der Waals surface area (Å²) in [7, 11) is 0. The number of rotatable bonds is 4. The minimum absolute atomic E-state index is 0.361. The van der Waals surface area contributed by atoms with Gasteiger partial charge in [-0.15, -0.1) is 11.8 Å². The summed E-state index contributed by atoms with van der Waals surface area (Å²) in [5.74, 6) is 15.3. The molecule has 30 heavy (non-hydrogen) atoms. The van der Waals surface area contributed by atoms with Crippen LogP contribution in [0.5, 0.6) is 0 Å². The fourth-order valence-electron chi connectivity index (χ4n) is 5.38. The van der Waals surface area contributed by atoms with Gasteiger partial charge in [-0.25, -0.2) is 0 Å². The Morgan fingerprint density at radius 1 is 0.800 bits per heavy atom. The van der Waals surface area contributed by atoms with Gasteiger partial charge < -0.3 is 10.6 Å². The molecule has 7 unspecified atom stereocenters. The largest absolute Gasteiger partial charge is 0.313 e. The Kier molecular flexibility index (Phi) is 8.88. The molecule has 0 spiro atoms. The van der Waals surface area contributed by atoms with Gasteiger partial charge in [-0.2, -0.15) is 0 Å². The summed E-state index contributed by atoms with van der Waals surface area (Å²) in [5, 5.41) is 12.3. The van der Waals surface area contributed by atoms with Crippen LogP contribution in [0.15, 0.2) is 0 Å². The zero-order valence-electron chi connectivity index (χ0n) is 18.8. The van der Waals surface area contributed by atoms with Crippen LogP contribution >= 0.6 is 11.8 Å². The number of fused-ring (bicyclic) bond motifs is 1. The van der Waals surface area contributed by atoms with Gasteiger partial charge in [-0.1, -0.05) is 62.7 Å². The lowest BCUT2D eigenvalue weighted by molar-refractivity contribution is 0.334. The summed E-state index contributed by atoms with van der Waals surface area (Å²) in [6.45, 7) is 4.36. The average molecular weight is 428 g/mol. The molecule has 0 radical (unpaired) electrons. The first kappa shape index (κ1) is 22.5. The number of thioether (sulfide) groups is 1. The third kappa shape index (κ3) is 6.67. The molecular weight excluding hydrogens is 386 g/mol. The standard InChI is InChI=1S/C26H41N3S/c1-2-3-4-7-22-14-10-20(18-27-22)11-15-23-16-12-21(19-28-23)13-17-26-29-24-8-5-6-9-25(24)30-26/h20-29H,2-10,12,14,16,18-19H2,1H3. The number of piperidine rings is 2. The first-order chi connectivity index (χ1) is 14.8. The summed E-state index contributed by atoms with van der Waals surface area (Å²) in [6, 6.07) is 1.82. The molecule has 7 atom stereocenters. The van der Waals surface area contributed by atoms with E-state index in [0.29, 0.717) is 29.3 Å². The summed E-state index contributed by atoms with van der Waals surface area (Å²) >= 11 is 2.08. The Hall–Kier alpha value is -0.650. The topological polar surface area (TPSA) is 36.1 Å². The molecule has 3 saturated heterocycles. The Morgan fingerprint density at radius 2 is 1.60 bits per heavy atom. The molecule has 0 aromatic heterocycles. The molecule has 4 heteroatoms. The Balaban J connectivity index is 1.13. The van der Waals surface area contributed by atoms with Crippen molar-refractivity contribution in [2.45, 2.75) is 113 Å². The molecule has 4 rings (SSSR count). The van der Waals surface area contributed by atoms with Crippen molar-refractivity contribution in [3.05, 3.63) is 0 Å². The fraction of sp³-hybridized carbons (Fsp3) is 0.846. The molecule has 0 aromatic carbocycles. The highest BCUT2D eigenvalue weighted by Gasteiger charge is 2.35. The molecule has 1 saturated carbocycles. The second-order valence-corrected chi connectivity index (χ2v) is 11.1. The van der Waals surface area contributed by atoms with Crippen molar-refractivity contribution in [1.29, 1.82) is 0 Å². The quantitative estimate of drug-likeness (QED) is 0.462. The van der Waals surface area contributed by atoms with E-state index in [1.807, 2.05) is 0 Å². The maximum Gasteiger partial charge on any atom is 0.116 e. The van der Waals surface area contributed by atoms with Gasteiger partial charge >= 0.3 is 0 Å². The van der Waals surface area contributed by atoms with Gasteiger partial charge in [0.25, 0.3) is 0 Å². The second kappa shape index (κ2) is 11.8. The van der Waals surface area contributed by atoms with Gasteiger partial charge in [0, 0.05) is 42.3 Å². The first-order valence-corrected chi connectivity index (χ1v) is 13.6. The molecule has 4 aliphatic rings. The molecule has 3 heterocycles. The van der Waals surface area contributed by atoms with E-state index in [1.165, 1.54) is 70.6 Å². The smallest absolute Gasteiger partial charge is 0.116 e. The van der Waals surface area contributed by atoms with Gasteiger partial charge in [0.1, 0.15) is 5.37 Å². The van der Waals surface area contributed by atoms with Gasteiger partial charge in [0.05, 0.1) is 6.04 Å². The summed E-state index contributed by atoms with van der Waals surface area (Å²) in [6.07, 6.45) is 15.8. The monoisotopic (exact) mass is 427 g/mol. The highest BCUT2D eigenvalue weighted by molar-refractivity contribution is 8.01. The van der Waals surface area contributed by atoms with Crippen LogP contribution in [0.2, 0.25) is 0 Å². The zero-order valence-corrected chi connectivity index (χ0v) is 19.7. The van der Waals surface area contributed by atoms with E-state index < -0.39 is 0 Å². The van der Waals surface area contributed by atoms with Crippen molar-refractivity contribution < 1.29 is 0 Å². The number of hydrogen-bond acceptors (Lipinski definition) is 4. The Morgan fingerprint density at radius 3 is 2.33 bits per heavy atom. The minimum Gasteiger partial charge on any atom is -0.313 e. The van der Waals surface area contributed by atoms with Crippen LogP contribution < -0.4 is 16.0 Å². The van der Waals surface area contributed by atoms with E-state index in [-0.39, 0.29) is 0 Å². The van der Waals surface area contributed by atoms with Gasteiger partial charge in [-0.05, 0) is 44.9 Å². The maximum absolute atomic E-state index is 3.76. The van der Waals surface area contributed by atoms with Crippen LogP contribution in [-0.2, 0) is 0 Å².